The maximum Gasteiger partial charge on any atom is 0.419 e. The van der Waals surface area contributed by atoms with Crippen LogP contribution in [0.5, 0.6) is 0 Å². The third kappa shape index (κ3) is 2.78. The molecule has 0 amide bonds. The fourth-order valence-electron chi connectivity index (χ4n) is 2.77. The van der Waals surface area contributed by atoms with Gasteiger partial charge in [0, 0.05) is 6.07 Å². The topological polar surface area (TPSA) is 55.1 Å². The number of nitrogens with one attached hydrogen (secondary N) is 1. The molecule has 0 bridgehead atoms. The van der Waals surface area contributed by atoms with Crippen molar-refractivity contribution < 1.29 is 17.6 Å². The monoisotopic (exact) mass is 371 g/mol. The Morgan fingerprint density at radius 1 is 1.20 bits per heavy atom. The van der Waals surface area contributed by atoms with E-state index in [-0.39, 0.29) is 10.9 Å². The van der Waals surface area contributed by atoms with Gasteiger partial charge < -0.3 is 5.32 Å². The molecule has 1 aromatic carbocycles. The molecule has 1 fully saturated rings. The number of fused-ring (bicyclic) bond motifs is 1. The highest BCUT2D eigenvalue weighted by molar-refractivity contribution is 6.29. The Kier molecular flexibility index (Phi) is 3.40. The summed E-state index contributed by atoms with van der Waals surface area (Å²) in [7, 11) is 0. The van der Waals surface area contributed by atoms with Gasteiger partial charge in [-0.3, -0.25) is 0 Å². The van der Waals surface area contributed by atoms with Crippen LogP contribution in [0.1, 0.15) is 24.0 Å². The second-order valence-corrected chi connectivity index (χ2v) is 6.22. The number of halogens is 5. The Morgan fingerprint density at radius 3 is 2.60 bits per heavy atom. The summed E-state index contributed by atoms with van der Waals surface area (Å²) in [5.74, 6) is -0.536. The molecule has 1 N–H and O–H groups in total. The van der Waals surface area contributed by atoms with Crippen LogP contribution < -0.4 is 5.32 Å². The highest BCUT2D eigenvalue weighted by Crippen LogP contribution is 2.49. The number of anilines is 1. The number of alkyl halides is 3. The van der Waals surface area contributed by atoms with Crippen LogP contribution in [0, 0.1) is 5.82 Å². The van der Waals surface area contributed by atoms with Crippen LogP contribution in [0.4, 0.5) is 23.4 Å². The molecular formula is C15H10ClF4N5. The number of benzene rings is 1. The van der Waals surface area contributed by atoms with Gasteiger partial charge >= 0.3 is 6.18 Å². The van der Waals surface area contributed by atoms with Gasteiger partial charge in [-0.2, -0.15) is 32.8 Å². The number of rotatable bonds is 3. The first-order valence-corrected chi connectivity index (χ1v) is 7.68. The number of nitrogens with zero attached hydrogens (tertiary/aromatic N) is 4. The minimum Gasteiger partial charge on any atom is -0.360 e. The summed E-state index contributed by atoms with van der Waals surface area (Å²) >= 11 is 5.95. The van der Waals surface area contributed by atoms with Crippen molar-refractivity contribution in [3.05, 3.63) is 52.7 Å². The molecule has 0 radical (unpaired) electrons. The molecule has 0 atom stereocenters. The van der Waals surface area contributed by atoms with Crippen molar-refractivity contribution in [1.82, 2.24) is 19.6 Å². The van der Waals surface area contributed by atoms with Crippen molar-refractivity contribution in [3.8, 4) is 0 Å². The van der Waals surface area contributed by atoms with E-state index in [0.29, 0.717) is 24.2 Å². The average Bonchev–Trinajstić information content (AvgIpc) is 3.14. The molecule has 25 heavy (non-hydrogen) atoms. The van der Waals surface area contributed by atoms with Crippen molar-refractivity contribution >= 4 is 23.2 Å². The van der Waals surface area contributed by atoms with Crippen molar-refractivity contribution in [1.29, 1.82) is 0 Å². The zero-order valence-corrected chi connectivity index (χ0v) is 13.2. The summed E-state index contributed by atoms with van der Waals surface area (Å²) in [6.45, 7) is 0. The van der Waals surface area contributed by atoms with Gasteiger partial charge in [0.1, 0.15) is 23.1 Å². The molecule has 4 rings (SSSR count). The largest absolute Gasteiger partial charge is 0.419 e. The van der Waals surface area contributed by atoms with Gasteiger partial charge in [0.15, 0.2) is 0 Å². The molecule has 5 nitrogen and oxygen atoms in total. The Labute approximate surface area is 143 Å². The van der Waals surface area contributed by atoms with Crippen molar-refractivity contribution in [3.63, 3.8) is 0 Å². The third-order valence-corrected chi connectivity index (χ3v) is 4.36. The van der Waals surface area contributed by atoms with E-state index in [1.54, 1.807) is 0 Å². The smallest absolute Gasteiger partial charge is 0.360 e. The number of hydrogen-bond acceptors (Lipinski definition) is 4. The van der Waals surface area contributed by atoms with E-state index in [4.69, 9.17) is 11.6 Å². The molecule has 1 saturated carbocycles. The zero-order valence-electron chi connectivity index (χ0n) is 12.5. The Balaban J connectivity index is 1.71. The van der Waals surface area contributed by atoms with Gasteiger partial charge in [-0.05, 0) is 30.5 Å². The number of hydrogen-bond donors (Lipinski definition) is 1. The molecule has 2 aromatic heterocycles. The van der Waals surface area contributed by atoms with Gasteiger partial charge in [-0.1, -0.05) is 17.7 Å². The normalized spacial score (nSPS) is 16.2. The minimum atomic E-state index is -4.72. The van der Waals surface area contributed by atoms with Crippen LogP contribution in [0.2, 0.25) is 5.15 Å². The first kappa shape index (κ1) is 16.1. The maximum atomic E-state index is 13.9. The van der Waals surface area contributed by atoms with E-state index in [2.05, 4.69) is 20.4 Å². The standard InChI is InChI=1S/C15H10ClF4N5/c16-11-6-12(25-13(23-11)21-7-22-25)24-14(3-4-14)8-1-2-9(10(17)5-8)15(18,19)20/h1-2,5-7,24H,3-4H2. The van der Waals surface area contributed by atoms with E-state index in [1.165, 1.54) is 23.0 Å². The van der Waals surface area contributed by atoms with E-state index in [0.717, 1.165) is 12.1 Å². The van der Waals surface area contributed by atoms with Crippen LogP contribution in [0.25, 0.3) is 5.78 Å². The molecule has 0 aliphatic heterocycles. The lowest BCUT2D eigenvalue weighted by Gasteiger charge is -2.20. The molecule has 3 aromatic rings. The molecule has 1 aliphatic rings. The first-order valence-electron chi connectivity index (χ1n) is 7.30. The lowest BCUT2D eigenvalue weighted by Crippen LogP contribution is -2.22. The van der Waals surface area contributed by atoms with Crippen molar-refractivity contribution in [2.24, 2.45) is 0 Å². The van der Waals surface area contributed by atoms with Crippen LogP contribution in [-0.4, -0.2) is 19.6 Å². The fourth-order valence-corrected chi connectivity index (χ4v) is 2.95. The predicted molar refractivity (Wildman–Crippen MR) is 81.7 cm³/mol. The van der Waals surface area contributed by atoms with E-state index >= 15 is 0 Å². The second kappa shape index (κ2) is 5.29. The van der Waals surface area contributed by atoms with E-state index in [9.17, 15) is 17.6 Å². The quantitative estimate of drug-likeness (QED) is 0.558. The molecule has 1 aliphatic carbocycles. The summed E-state index contributed by atoms with van der Waals surface area (Å²) in [6.07, 6.45) is -2.15. The van der Waals surface area contributed by atoms with Gasteiger partial charge in [0.25, 0.3) is 5.78 Å². The SMILES string of the molecule is Fc1cc(C2(Nc3cc(Cl)nc4ncnn34)CC2)ccc1C(F)(F)F. The molecule has 130 valence electrons. The highest BCUT2D eigenvalue weighted by atomic mass is 35.5. The molecular weight excluding hydrogens is 362 g/mol. The van der Waals surface area contributed by atoms with Crippen LogP contribution in [0.3, 0.4) is 0 Å². The van der Waals surface area contributed by atoms with Crippen LogP contribution >= 0.6 is 11.6 Å². The lowest BCUT2D eigenvalue weighted by atomic mass is 10.0. The van der Waals surface area contributed by atoms with Gasteiger partial charge in [0.05, 0.1) is 11.1 Å². The summed E-state index contributed by atoms with van der Waals surface area (Å²) in [4.78, 5) is 7.95. The Hall–Kier alpha value is -2.42. The summed E-state index contributed by atoms with van der Waals surface area (Å²) < 4.78 is 53.5. The zero-order chi connectivity index (χ0) is 17.8. The van der Waals surface area contributed by atoms with Gasteiger partial charge in [-0.15, -0.1) is 0 Å². The lowest BCUT2D eigenvalue weighted by molar-refractivity contribution is -0.140. The fraction of sp³-hybridized carbons (Fsp3) is 0.267. The molecule has 2 heterocycles. The van der Waals surface area contributed by atoms with Crippen molar-refractivity contribution in [2.75, 3.05) is 5.32 Å². The Morgan fingerprint density at radius 2 is 1.96 bits per heavy atom. The third-order valence-electron chi connectivity index (χ3n) is 4.16. The maximum absolute atomic E-state index is 13.9. The Bertz CT molecular complexity index is 964. The molecule has 0 saturated heterocycles. The predicted octanol–water partition coefficient (Wildman–Crippen LogP) is 4.04. The van der Waals surface area contributed by atoms with Gasteiger partial charge in [0.2, 0.25) is 0 Å². The average molecular weight is 372 g/mol. The second-order valence-electron chi connectivity index (χ2n) is 5.84. The highest BCUT2D eigenvalue weighted by Gasteiger charge is 2.46. The van der Waals surface area contributed by atoms with E-state index in [1.807, 2.05) is 0 Å². The van der Waals surface area contributed by atoms with Gasteiger partial charge in [-0.25, -0.2) is 4.39 Å². The molecule has 10 heteroatoms. The van der Waals surface area contributed by atoms with Crippen molar-refractivity contribution in [2.45, 2.75) is 24.6 Å². The van der Waals surface area contributed by atoms with Crippen LogP contribution in [-0.2, 0) is 11.7 Å². The van der Waals surface area contributed by atoms with Crippen LogP contribution in [0.15, 0.2) is 30.6 Å². The molecule has 0 unspecified atom stereocenters. The summed E-state index contributed by atoms with van der Waals surface area (Å²) in [5.41, 5.74) is -1.52. The summed E-state index contributed by atoms with van der Waals surface area (Å²) in [5, 5.41) is 7.41. The van der Waals surface area contributed by atoms with E-state index < -0.39 is 23.1 Å². The minimum absolute atomic E-state index is 0.192. The molecule has 0 spiro atoms. The summed E-state index contributed by atoms with van der Waals surface area (Å²) in [6, 6.07) is 4.50. The first-order chi connectivity index (χ1) is 11.8. The number of aromatic nitrogens is 4.